The van der Waals surface area contributed by atoms with Gasteiger partial charge in [-0.15, -0.1) is 0 Å². The molecule has 2 aliphatic rings. The summed E-state index contributed by atoms with van der Waals surface area (Å²) in [6.07, 6.45) is 2.84. The molecule has 0 aromatic carbocycles. The van der Waals surface area contributed by atoms with Crippen LogP contribution in [0.4, 0.5) is 0 Å². The van der Waals surface area contributed by atoms with Gasteiger partial charge in [0.05, 0.1) is 0 Å². The van der Waals surface area contributed by atoms with Crippen molar-refractivity contribution in [2.24, 2.45) is 5.92 Å². The molecule has 3 atom stereocenters. The zero-order valence-corrected chi connectivity index (χ0v) is 11.5. The van der Waals surface area contributed by atoms with Crippen molar-refractivity contribution in [1.29, 1.82) is 0 Å². The van der Waals surface area contributed by atoms with Gasteiger partial charge in [-0.1, -0.05) is 22.9 Å². The third-order valence-electron chi connectivity index (χ3n) is 3.88. The molecule has 2 rings (SSSR count). The van der Waals surface area contributed by atoms with Crippen LogP contribution in [0.25, 0.3) is 0 Å². The van der Waals surface area contributed by atoms with E-state index in [-0.39, 0.29) is 0 Å². The van der Waals surface area contributed by atoms with Crippen LogP contribution < -0.4 is 0 Å². The molecule has 3 heteroatoms. The Labute approximate surface area is 102 Å². The molecule has 15 heavy (non-hydrogen) atoms. The summed E-state index contributed by atoms with van der Waals surface area (Å²) in [7, 11) is 0. The summed E-state index contributed by atoms with van der Waals surface area (Å²) in [6.45, 7) is 9.92. The second kappa shape index (κ2) is 5.15. The van der Waals surface area contributed by atoms with E-state index in [1.165, 1.54) is 39.0 Å². The maximum atomic E-state index is 3.58. The highest BCUT2D eigenvalue weighted by Gasteiger charge is 2.34. The van der Waals surface area contributed by atoms with Gasteiger partial charge in [0, 0.05) is 37.0 Å². The number of rotatable bonds is 3. The van der Waals surface area contributed by atoms with Crippen LogP contribution in [-0.4, -0.2) is 53.4 Å². The predicted molar refractivity (Wildman–Crippen MR) is 68.6 cm³/mol. The highest BCUT2D eigenvalue weighted by molar-refractivity contribution is 9.09. The molecule has 2 aliphatic heterocycles. The van der Waals surface area contributed by atoms with E-state index < -0.39 is 0 Å². The Morgan fingerprint density at radius 2 is 2.20 bits per heavy atom. The number of hydrogen-bond donors (Lipinski definition) is 0. The van der Waals surface area contributed by atoms with Crippen molar-refractivity contribution in [2.45, 2.75) is 38.8 Å². The summed E-state index contributed by atoms with van der Waals surface area (Å²) >= 11 is 3.58. The number of piperazine rings is 1. The summed E-state index contributed by atoms with van der Waals surface area (Å²) < 4.78 is 0. The van der Waals surface area contributed by atoms with Crippen LogP contribution in [0.2, 0.25) is 0 Å². The largest absolute Gasteiger partial charge is 0.298 e. The van der Waals surface area contributed by atoms with Crippen LogP contribution in [0, 0.1) is 5.92 Å². The molecule has 0 bridgehead atoms. The normalized spacial score (nSPS) is 35.4. The average molecular weight is 275 g/mol. The lowest BCUT2D eigenvalue weighted by atomic mass is 10.1. The molecule has 2 fully saturated rings. The molecule has 88 valence electrons. The van der Waals surface area contributed by atoms with Crippen molar-refractivity contribution in [2.75, 3.05) is 31.5 Å². The van der Waals surface area contributed by atoms with Crippen LogP contribution in [-0.2, 0) is 0 Å². The molecule has 2 saturated heterocycles. The molecule has 0 aromatic rings. The summed E-state index contributed by atoms with van der Waals surface area (Å²) in [5.74, 6) is 0.778. The first kappa shape index (κ1) is 11.9. The highest BCUT2D eigenvalue weighted by atomic mass is 79.9. The number of hydrogen-bond acceptors (Lipinski definition) is 2. The first-order valence-electron chi connectivity index (χ1n) is 6.24. The maximum absolute atomic E-state index is 3.58. The fourth-order valence-corrected chi connectivity index (χ4v) is 3.16. The molecule has 0 N–H and O–H groups in total. The van der Waals surface area contributed by atoms with Gasteiger partial charge in [-0.3, -0.25) is 9.80 Å². The van der Waals surface area contributed by atoms with Gasteiger partial charge in [0.2, 0.25) is 0 Å². The van der Waals surface area contributed by atoms with E-state index in [0.29, 0.717) is 0 Å². The van der Waals surface area contributed by atoms with Gasteiger partial charge in [-0.2, -0.15) is 0 Å². The zero-order valence-electron chi connectivity index (χ0n) is 9.95. The Bertz CT molecular complexity index is 210. The molecule has 0 radical (unpaired) electrons. The Kier molecular flexibility index (Phi) is 4.08. The second-order valence-corrected chi connectivity index (χ2v) is 6.00. The van der Waals surface area contributed by atoms with Crippen LogP contribution >= 0.6 is 15.9 Å². The Morgan fingerprint density at radius 3 is 2.93 bits per heavy atom. The molecule has 0 aromatic heterocycles. The first-order chi connectivity index (χ1) is 7.20. The van der Waals surface area contributed by atoms with E-state index in [0.717, 1.165) is 23.3 Å². The van der Waals surface area contributed by atoms with E-state index in [1.807, 2.05) is 0 Å². The van der Waals surface area contributed by atoms with E-state index in [1.54, 1.807) is 0 Å². The van der Waals surface area contributed by atoms with Gasteiger partial charge in [0.15, 0.2) is 0 Å². The smallest absolute Gasteiger partial charge is 0.0224 e. The maximum Gasteiger partial charge on any atom is 0.0224 e. The first-order valence-corrected chi connectivity index (χ1v) is 7.37. The lowest BCUT2D eigenvalue weighted by Crippen LogP contribution is -2.55. The van der Waals surface area contributed by atoms with Gasteiger partial charge in [0.25, 0.3) is 0 Å². The summed E-state index contributed by atoms with van der Waals surface area (Å²) in [4.78, 5) is 5.39. The third-order valence-corrected chi connectivity index (χ3v) is 4.98. The summed E-state index contributed by atoms with van der Waals surface area (Å²) in [5, 5.41) is 1.13. The van der Waals surface area contributed by atoms with E-state index in [4.69, 9.17) is 0 Å². The van der Waals surface area contributed by atoms with Gasteiger partial charge in [0.1, 0.15) is 0 Å². The van der Waals surface area contributed by atoms with Crippen molar-refractivity contribution in [3.05, 3.63) is 0 Å². The van der Waals surface area contributed by atoms with Crippen LogP contribution in [0.1, 0.15) is 26.7 Å². The molecular formula is C12H23BrN2. The van der Waals surface area contributed by atoms with E-state index in [2.05, 4.69) is 39.6 Å². The van der Waals surface area contributed by atoms with Crippen LogP contribution in [0.5, 0.6) is 0 Å². The molecular weight excluding hydrogens is 252 g/mol. The topological polar surface area (TPSA) is 6.48 Å². The number of alkyl halides is 1. The van der Waals surface area contributed by atoms with Crippen molar-refractivity contribution in [3.8, 4) is 0 Å². The van der Waals surface area contributed by atoms with Crippen LogP contribution in [0.3, 0.4) is 0 Å². The zero-order chi connectivity index (χ0) is 10.8. The number of nitrogens with zero attached hydrogens (tertiary/aromatic N) is 2. The second-order valence-electron chi connectivity index (χ2n) is 5.35. The molecule has 2 heterocycles. The fourth-order valence-electron chi connectivity index (χ4n) is 2.95. The molecule has 2 nitrogen and oxygen atoms in total. The Hall–Kier alpha value is 0.400. The van der Waals surface area contributed by atoms with Crippen molar-refractivity contribution in [1.82, 2.24) is 9.80 Å². The minimum absolute atomic E-state index is 0.751. The SMILES string of the molecule is CC(CBr)CN1CC2CCCN2CC1C. The summed E-state index contributed by atoms with van der Waals surface area (Å²) in [5.41, 5.74) is 0. The predicted octanol–water partition coefficient (Wildman–Crippen LogP) is 2.19. The van der Waals surface area contributed by atoms with E-state index in [9.17, 15) is 0 Å². The molecule has 0 spiro atoms. The fraction of sp³-hybridized carbons (Fsp3) is 1.00. The van der Waals surface area contributed by atoms with E-state index >= 15 is 0 Å². The van der Waals surface area contributed by atoms with Crippen LogP contribution in [0.15, 0.2) is 0 Å². The van der Waals surface area contributed by atoms with Crippen molar-refractivity contribution in [3.63, 3.8) is 0 Å². The minimum atomic E-state index is 0.751. The Balaban J connectivity index is 1.89. The molecule has 0 saturated carbocycles. The summed E-state index contributed by atoms with van der Waals surface area (Å²) in [6, 6.07) is 1.62. The van der Waals surface area contributed by atoms with Gasteiger partial charge >= 0.3 is 0 Å². The lowest BCUT2D eigenvalue weighted by molar-refractivity contribution is 0.0521. The lowest BCUT2D eigenvalue weighted by Gasteiger charge is -2.43. The number of fused-ring (bicyclic) bond motifs is 1. The third kappa shape index (κ3) is 2.75. The van der Waals surface area contributed by atoms with Gasteiger partial charge < -0.3 is 0 Å². The van der Waals surface area contributed by atoms with Gasteiger partial charge in [-0.05, 0) is 32.2 Å². The number of halogens is 1. The monoisotopic (exact) mass is 274 g/mol. The minimum Gasteiger partial charge on any atom is -0.298 e. The van der Waals surface area contributed by atoms with Gasteiger partial charge in [-0.25, -0.2) is 0 Å². The Morgan fingerprint density at radius 1 is 1.40 bits per heavy atom. The average Bonchev–Trinajstić information content (AvgIpc) is 2.65. The molecule has 0 amide bonds. The van der Waals surface area contributed by atoms with Crippen molar-refractivity contribution >= 4 is 15.9 Å². The highest BCUT2D eigenvalue weighted by Crippen LogP contribution is 2.25. The standard InChI is InChI=1S/C12H23BrN2/c1-10(6-13)7-15-9-12-4-3-5-14(12)8-11(15)2/h10-12H,3-9H2,1-2H3. The quantitative estimate of drug-likeness (QED) is 0.728. The van der Waals surface area contributed by atoms with Crippen molar-refractivity contribution < 1.29 is 0 Å². The molecule has 3 unspecified atom stereocenters. The molecule has 0 aliphatic carbocycles.